The average molecular weight is 384 g/mol. The zero-order chi connectivity index (χ0) is 19.9. The van der Waals surface area contributed by atoms with E-state index in [1.54, 1.807) is 47.4 Å². The fourth-order valence-electron chi connectivity index (χ4n) is 3.00. The Morgan fingerprint density at radius 2 is 1.86 bits per heavy atom. The third kappa shape index (κ3) is 4.94. The Kier molecular flexibility index (Phi) is 6.37. The van der Waals surface area contributed by atoms with Crippen molar-refractivity contribution in [3.63, 3.8) is 0 Å². The second-order valence-electron chi connectivity index (χ2n) is 6.46. The monoisotopic (exact) mass is 384 g/mol. The molecule has 1 saturated heterocycles. The van der Waals surface area contributed by atoms with Crippen LogP contribution in [-0.4, -0.2) is 37.5 Å². The molecular weight excluding hydrogens is 363 g/mol. The van der Waals surface area contributed by atoms with Crippen molar-refractivity contribution < 1.29 is 23.5 Å². The van der Waals surface area contributed by atoms with Crippen LogP contribution in [0.3, 0.4) is 0 Å². The molecule has 6 nitrogen and oxygen atoms in total. The predicted molar refractivity (Wildman–Crippen MR) is 101 cm³/mol. The highest BCUT2D eigenvalue weighted by atomic mass is 19.1. The molecule has 0 spiro atoms. The van der Waals surface area contributed by atoms with Gasteiger partial charge in [0.1, 0.15) is 5.82 Å². The first-order chi connectivity index (χ1) is 13.5. The first kappa shape index (κ1) is 19.5. The van der Waals surface area contributed by atoms with E-state index in [1.807, 2.05) is 0 Å². The molecule has 0 atom stereocenters. The molecule has 2 aromatic rings. The molecule has 0 radical (unpaired) electrons. The van der Waals surface area contributed by atoms with Crippen LogP contribution in [0, 0.1) is 5.82 Å². The third-order valence-corrected chi connectivity index (χ3v) is 4.50. The highest BCUT2D eigenvalue weighted by Gasteiger charge is 2.21. The second-order valence-corrected chi connectivity index (χ2v) is 6.46. The number of rotatable bonds is 7. The molecule has 3 rings (SSSR count). The number of hydrogen-bond acceptors (Lipinski definition) is 4. The van der Waals surface area contributed by atoms with E-state index in [0.717, 1.165) is 12.1 Å². The van der Waals surface area contributed by atoms with Gasteiger partial charge in [-0.1, -0.05) is 18.2 Å². The van der Waals surface area contributed by atoms with Crippen LogP contribution in [0.15, 0.2) is 48.5 Å². The molecule has 7 heteroatoms. The van der Waals surface area contributed by atoms with E-state index >= 15 is 0 Å². The van der Waals surface area contributed by atoms with Crippen molar-refractivity contribution in [3.8, 4) is 0 Å². The summed E-state index contributed by atoms with van der Waals surface area (Å²) in [6.45, 7) is 0.508. The molecule has 0 unspecified atom stereocenters. The molecule has 0 bridgehead atoms. The molecule has 1 N–H and O–H groups in total. The van der Waals surface area contributed by atoms with Crippen LogP contribution in [0.1, 0.15) is 28.8 Å². The lowest BCUT2D eigenvalue weighted by Gasteiger charge is -2.15. The van der Waals surface area contributed by atoms with Gasteiger partial charge in [-0.3, -0.25) is 9.59 Å². The van der Waals surface area contributed by atoms with Gasteiger partial charge in [-0.15, -0.1) is 0 Å². The number of nitrogens with zero attached hydrogens (tertiary/aromatic N) is 1. The SMILES string of the molecule is O=C(COC(=O)c1ccc(N2CCCC2=O)cc1)NCCc1ccccc1F. The van der Waals surface area contributed by atoms with Crippen LogP contribution in [0.2, 0.25) is 0 Å². The number of amides is 2. The van der Waals surface area contributed by atoms with Gasteiger partial charge in [0.2, 0.25) is 5.91 Å². The molecule has 1 aliphatic rings. The van der Waals surface area contributed by atoms with Crippen LogP contribution < -0.4 is 10.2 Å². The van der Waals surface area contributed by atoms with E-state index in [2.05, 4.69) is 5.32 Å². The van der Waals surface area contributed by atoms with Gasteiger partial charge < -0.3 is 15.0 Å². The van der Waals surface area contributed by atoms with Gasteiger partial charge in [0.25, 0.3) is 5.91 Å². The van der Waals surface area contributed by atoms with Gasteiger partial charge in [0.05, 0.1) is 5.56 Å². The maximum absolute atomic E-state index is 13.5. The summed E-state index contributed by atoms with van der Waals surface area (Å²) < 4.78 is 18.5. The highest BCUT2D eigenvalue weighted by Crippen LogP contribution is 2.21. The van der Waals surface area contributed by atoms with Crippen molar-refractivity contribution in [2.75, 3.05) is 24.6 Å². The van der Waals surface area contributed by atoms with Crippen LogP contribution in [-0.2, 0) is 20.7 Å². The predicted octanol–water partition coefficient (Wildman–Crippen LogP) is 2.47. The van der Waals surface area contributed by atoms with Gasteiger partial charge >= 0.3 is 5.97 Å². The summed E-state index contributed by atoms with van der Waals surface area (Å²) in [4.78, 5) is 37.3. The molecular formula is C21H21FN2O4. The van der Waals surface area contributed by atoms with Crippen molar-refractivity contribution in [2.24, 2.45) is 0 Å². The van der Waals surface area contributed by atoms with E-state index in [-0.39, 0.29) is 18.3 Å². The molecule has 146 valence electrons. The van der Waals surface area contributed by atoms with Gasteiger partial charge in [-0.25, -0.2) is 9.18 Å². The largest absolute Gasteiger partial charge is 0.452 e. The van der Waals surface area contributed by atoms with Gasteiger partial charge in [-0.2, -0.15) is 0 Å². The average Bonchev–Trinajstić information content (AvgIpc) is 3.13. The molecule has 1 heterocycles. The van der Waals surface area contributed by atoms with Crippen molar-refractivity contribution in [1.82, 2.24) is 5.32 Å². The maximum atomic E-state index is 13.5. The Labute approximate surface area is 162 Å². The van der Waals surface area contributed by atoms with Gasteiger partial charge in [-0.05, 0) is 48.7 Å². The Morgan fingerprint density at radius 3 is 2.54 bits per heavy atom. The molecule has 0 saturated carbocycles. The fourth-order valence-corrected chi connectivity index (χ4v) is 3.00. The summed E-state index contributed by atoms with van der Waals surface area (Å²) in [5.41, 5.74) is 1.55. The number of esters is 1. The minimum Gasteiger partial charge on any atom is -0.452 e. The molecule has 0 aromatic heterocycles. The Hall–Kier alpha value is -3.22. The lowest BCUT2D eigenvalue weighted by Crippen LogP contribution is -2.30. The van der Waals surface area contributed by atoms with Crippen LogP contribution in [0.25, 0.3) is 0 Å². The zero-order valence-electron chi connectivity index (χ0n) is 15.3. The maximum Gasteiger partial charge on any atom is 0.338 e. The summed E-state index contributed by atoms with van der Waals surface area (Å²) in [7, 11) is 0. The minimum atomic E-state index is -0.622. The fraction of sp³-hybridized carbons (Fsp3) is 0.286. The summed E-state index contributed by atoms with van der Waals surface area (Å²) in [6.07, 6.45) is 1.72. The summed E-state index contributed by atoms with van der Waals surface area (Å²) in [6, 6.07) is 12.9. The summed E-state index contributed by atoms with van der Waals surface area (Å²) in [5, 5.41) is 2.59. The number of nitrogens with one attached hydrogen (secondary N) is 1. The number of ether oxygens (including phenoxy) is 1. The molecule has 1 fully saturated rings. The van der Waals surface area contributed by atoms with E-state index in [0.29, 0.717) is 30.5 Å². The number of carbonyl (C=O) groups excluding carboxylic acids is 3. The highest BCUT2D eigenvalue weighted by molar-refractivity contribution is 5.96. The smallest absolute Gasteiger partial charge is 0.338 e. The Bertz CT molecular complexity index is 867. The zero-order valence-corrected chi connectivity index (χ0v) is 15.3. The topological polar surface area (TPSA) is 75.7 Å². The lowest BCUT2D eigenvalue weighted by atomic mass is 10.1. The molecule has 2 amide bonds. The molecule has 0 aliphatic carbocycles. The number of benzene rings is 2. The van der Waals surface area contributed by atoms with Crippen molar-refractivity contribution in [1.29, 1.82) is 0 Å². The molecule has 28 heavy (non-hydrogen) atoms. The first-order valence-electron chi connectivity index (χ1n) is 9.12. The molecule has 1 aliphatic heterocycles. The van der Waals surface area contributed by atoms with Crippen molar-refractivity contribution in [3.05, 3.63) is 65.5 Å². The van der Waals surface area contributed by atoms with Crippen LogP contribution in [0.4, 0.5) is 10.1 Å². The number of halogens is 1. The summed E-state index contributed by atoms with van der Waals surface area (Å²) >= 11 is 0. The normalized spacial score (nSPS) is 13.5. The number of anilines is 1. The number of carbonyl (C=O) groups is 3. The van der Waals surface area contributed by atoms with Gasteiger partial charge in [0.15, 0.2) is 6.61 Å². The summed E-state index contributed by atoms with van der Waals surface area (Å²) in [5.74, 6) is -1.32. The third-order valence-electron chi connectivity index (χ3n) is 4.50. The standard InChI is InChI=1S/C21H21FN2O4/c22-18-5-2-1-4-15(18)11-12-23-19(25)14-28-21(27)16-7-9-17(10-8-16)24-13-3-6-20(24)26/h1-2,4-5,7-10H,3,6,11-14H2,(H,23,25). The van der Waals surface area contributed by atoms with Crippen LogP contribution >= 0.6 is 0 Å². The number of hydrogen-bond donors (Lipinski definition) is 1. The van der Waals surface area contributed by atoms with Crippen molar-refractivity contribution in [2.45, 2.75) is 19.3 Å². The second kappa shape index (κ2) is 9.12. The first-order valence-corrected chi connectivity index (χ1v) is 9.12. The van der Waals surface area contributed by atoms with E-state index in [1.165, 1.54) is 6.07 Å². The van der Waals surface area contributed by atoms with E-state index in [9.17, 15) is 18.8 Å². The Balaban J connectivity index is 1.42. The van der Waals surface area contributed by atoms with Crippen molar-refractivity contribution >= 4 is 23.5 Å². The lowest BCUT2D eigenvalue weighted by molar-refractivity contribution is -0.124. The van der Waals surface area contributed by atoms with E-state index < -0.39 is 18.5 Å². The Morgan fingerprint density at radius 1 is 1.11 bits per heavy atom. The van der Waals surface area contributed by atoms with Gasteiger partial charge in [0, 0.05) is 25.2 Å². The quantitative estimate of drug-likeness (QED) is 0.744. The molecule has 2 aromatic carbocycles. The van der Waals surface area contributed by atoms with E-state index in [4.69, 9.17) is 4.74 Å². The minimum absolute atomic E-state index is 0.0716. The van der Waals surface area contributed by atoms with Crippen LogP contribution in [0.5, 0.6) is 0 Å².